The molecule has 3 aliphatic heterocycles. The van der Waals surface area contributed by atoms with Crippen LogP contribution in [0.4, 0.5) is 5.69 Å². The van der Waals surface area contributed by atoms with Gasteiger partial charge in [0.25, 0.3) is 0 Å². The van der Waals surface area contributed by atoms with Crippen molar-refractivity contribution in [2.24, 2.45) is 11.8 Å². The van der Waals surface area contributed by atoms with Gasteiger partial charge in [-0.1, -0.05) is 31.4 Å². The molecule has 1 saturated carbocycles. The van der Waals surface area contributed by atoms with Gasteiger partial charge >= 0.3 is 0 Å². The molecule has 37 heavy (non-hydrogen) atoms. The highest BCUT2D eigenvalue weighted by Crippen LogP contribution is 2.55. The first-order valence-electron chi connectivity index (χ1n) is 13.5. The van der Waals surface area contributed by atoms with E-state index in [1.807, 2.05) is 19.1 Å². The first-order valence-corrected chi connectivity index (χ1v) is 13.5. The average molecular weight is 512 g/mol. The molecule has 1 aromatic rings. The zero-order valence-corrected chi connectivity index (χ0v) is 21.6. The number of carbonyl (C=O) groups excluding carboxylic acids is 3. The number of ether oxygens (including phenoxy) is 3. The van der Waals surface area contributed by atoms with Crippen LogP contribution in [0, 0.1) is 11.8 Å². The number of hydrogen-bond acceptors (Lipinski definition) is 6. The number of nitrogens with zero attached hydrogens (tertiary/aromatic N) is 1. The van der Waals surface area contributed by atoms with E-state index in [-0.39, 0.29) is 23.8 Å². The number of anilines is 1. The zero-order valence-electron chi connectivity index (χ0n) is 21.6. The summed E-state index contributed by atoms with van der Waals surface area (Å²) in [5.41, 5.74) is -0.530. The van der Waals surface area contributed by atoms with Gasteiger partial charge in [0, 0.05) is 32.0 Å². The second-order valence-electron chi connectivity index (χ2n) is 10.4. The van der Waals surface area contributed by atoms with Crippen LogP contribution in [0.3, 0.4) is 0 Å². The summed E-state index contributed by atoms with van der Waals surface area (Å²) >= 11 is 0. The lowest BCUT2D eigenvalue weighted by molar-refractivity contribution is -0.141. The number of amides is 3. The van der Waals surface area contributed by atoms with Crippen LogP contribution >= 0.6 is 0 Å². The SMILES string of the molecule is CCOc1ccc(NC(=O)C2C3C=CC4(O3)C2C(=O)N(CCCOC)C4C(=O)NC2CCCCC2)cc1. The summed E-state index contributed by atoms with van der Waals surface area (Å²) in [6.45, 7) is 3.30. The van der Waals surface area contributed by atoms with E-state index in [0.29, 0.717) is 31.9 Å². The van der Waals surface area contributed by atoms with Crippen LogP contribution < -0.4 is 15.4 Å². The summed E-state index contributed by atoms with van der Waals surface area (Å²) in [7, 11) is 1.61. The molecule has 3 fully saturated rings. The number of nitrogens with one attached hydrogen (secondary N) is 2. The topological polar surface area (TPSA) is 106 Å². The van der Waals surface area contributed by atoms with E-state index in [2.05, 4.69) is 10.6 Å². The summed E-state index contributed by atoms with van der Waals surface area (Å²) < 4.78 is 17.1. The molecule has 1 aromatic carbocycles. The molecule has 2 saturated heterocycles. The number of benzene rings is 1. The van der Waals surface area contributed by atoms with Gasteiger partial charge in [-0.3, -0.25) is 14.4 Å². The molecule has 0 radical (unpaired) electrons. The minimum atomic E-state index is -1.14. The third-order valence-electron chi connectivity index (χ3n) is 8.06. The van der Waals surface area contributed by atoms with Crippen molar-refractivity contribution in [2.75, 3.05) is 32.2 Å². The third-order valence-corrected chi connectivity index (χ3v) is 8.06. The van der Waals surface area contributed by atoms with Crippen LogP contribution in [0.15, 0.2) is 36.4 Å². The van der Waals surface area contributed by atoms with Gasteiger partial charge in [-0.2, -0.15) is 0 Å². The number of rotatable bonds is 10. The maximum atomic E-state index is 13.9. The Balaban J connectivity index is 1.38. The van der Waals surface area contributed by atoms with Crippen LogP contribution in [-0.4, -0.2) is 73.3 Å². The van der Waals surface area contributed by atoms with Crippen molar-refractivity contribution >= 4 is 23.4 Å². The molecule has 2 bridgehead atoms. The van der Waals surface area contributed by atoms with Crippen molar-refractivity contribution < 1.29 is 28.6 Å². The molecular formula is C28H37N3O6. The van der Waals surface area contributed by atoms with Gasteiger partial charge in [0.2, 0.25) is 17.7 Å². The molecular weight excluding hydrogens is 474 g/mol. The Labute approximate surface area is 217 Å². The Morgan fingerprint density at radius 3 is 2.59 bits per heavy atom. The Kier molecular flexibility index (Phi) is 7.53. The highest BCUT2D eigenvalue weighted by Gasteiger charge is 2.72. The highest BCUT2D eigenvalue weighted by molar-refractivity contribution is 6.02. The van der Waals surface area contributed by atoms with Crippen molar-refractivity contribution in [3.05, 3.63) is 36.4 Å². The van der Waals surface area contributed by atoms with Crippen LogP contribution in [0.25, 0.3) is 0 Å². The molecule has 9 nitrogen and oxygen atoms in total. The average Bonchev–Trinajstić information content (AvgIpc) is 3.54. The lowest BCUT2D eigenvalue weighted by atomic mass is 9.74. The first-order chi connectivity index (χ1) is 18.0. The van der Waals surface area contributed by atoms with Crippen molar-refractivity contribution in [1.29, 1.82) is 0 Å². The Bertz CT molecular complexity index is 1040. The minimum Gasteiger partial charge on any atom is -0.494 e. The van der Waals surface area contributed by atoms with Crippen molar-refractivity contribution in [3.63, 3.8) is 0 Å². The maximum absolute atomic E-state index is 13.9. The molecule has 5 rings (SSSR count). The van der Waals surface area contributed by atoms with E-state index in [1.165, 1.54) is 6.42 Å². The second kappa shape index (κ2) is 10.8. The van der Waals surface area contributed by atoms with Gasteiger partial charge in [0.15, 0.2) is 0 Å². The molecule has 5 unspecified atom stereocenters. The predicted octanol–water partition coefficient (Wildman–Crippen LogP) is 2.66. The van der Waals surface area contributed by atoms with Crippen molar-refractivity contribution in [3.8, 4) is 5.75 Å². The fourth-order valence-electron chi connectivity index (χ4n) is 6.44. The van der Waals surface area contributed by atoms with E-state index in [0.717, 1.165) is 31.4 Å². The fraction of sp³-hybridized carbons (Fsp3) is 0.607. The van der Waals surface area contributed by atoms with Gasteiger partial charge in [0.1, 0.15) is 17.4 Å². The Morgan fingerprint density at radius 2 is 1.89 bits per heavy atom. The molecule has 2 N–H and O–H groups in total. The quantitative estimate of drug-likeness (QED) is 0.370. The number of likely N-dealkylation sites (tertiary alicyclic amines) is 1. The summed E-state index contributed by atoms with van der Waals surface area (Å²) in [6, 6.07) is 6.43. The van der Waals surface area contributed by atoms with Gasteiger partial charge in [0.05, 0.1) is 24.5 Å². The number of carbonyl (C=O) groups is 3. The van der Waals surface area contributed by atoms with Gasteiger partial charge < -0.3 is 29.7 Å². The summed E-state index contributed by atoms with van der Waals surface area (Å²) in [5, 5.41) is 6.15. The monoisotopic (exact) mass is 511 g/mol. The highest BCUT2D eigenvalue weighted by atomic mass is 16.5. The van der Waals surface area contributed by atoms with E-state index < -0.39 is 29.6 Å². The standard InChI is InChI=1S/C28H37N3O6/c1-3-36-20-12-10-19(11-13-20)29-25(32)22-21-14-15-28(37-21)23(22)27(34)31(16-7-17-35-2)24(28)26(33)30-18-8-5-4-6-9-18/h10-15,18,21-24H,3-9,16-17H2,1-2H3,(H,29,32)(H,30,33). The molecule has 0 aromatic heterocycles. The zero-order chi connectivity index (χ0) is 26.0. The van der Waals surface area contributed by atoms with Crippen LogP contribution in [0.2, 0.25) is 0 Å². The molecule has 5 atom stereocenters. The van der Waals surface area contributed by atoms with Crippen molar-refractivity contribution in [1.82, 2.24) is 10.2 Å². The third kappa shape index (κ3) is 4.75. The molecule has 200 valence electrons. The lowest BCUT2D eigenvalue weighted by Gasteiger charge is -2.34. The minimum absolute atomic E-state index is 0.106. The maximum Gasteiger partial charge on any atom is 0.246 e. The Morgan fingerprint density at radius 1 is 1.14 bits per heavy atom. The summed E-state index contributed by atoms with van der Waals surface area (Å²) in [6.07, 6.45) is 8.98. The van der Waals surface area contributed by atoms with Gasteiger partial charge in [-0.05, 0) is 50.5 Å². The van der Waals surface area contributed by atoms with Gasteiger partial charge in [-0.25, -0.2) is 0 Å². The normalized spacial score (nSPS) is 30.4. The largest absolute Gasteiger partial charge is 0.494 e. The summed E-state index contributed by atoms with van der Waals surface area (Å²) in [4.78, 5) is 42.7. The molecule has 1 spiro atoms. The van der Waals surface area contributed by atoms with E-state index in [1.54, 1.807) is 36.3 Å². The Hall–Kier alpha value is -2.91. The fourth-order valence-corrected chi connectivity index (χ4v) is 6.44. The number of hydrogen-bond donors (Lipinski definition) is 2. The predicted molar refractivity (Wildman–Crippen MR) is 137 cm³/mol. The van der Waals surface area contributed by atoms with E-state index in [4.69, 9.17) is 14.2 Å². The van der Waals surface area contributed by atoms with Gasteiger partial charge in [-0.15, -0.1) is 0 Å². The van der Waals surface area contributed by atoms with Crippen LogP contribution in [-0.2, 0) is 23.9 Å². The number of methoxy groups -OCH3 is 1. The van der Waals surface area contributed by atoms with Crippen LogP contribution in [0.1, 0.15) is 45.4 Å². The first kappa shape index (κ1) is 25.7. The molecule has 4 aliphatic rings. The van der Waals surface area contributed by atoms with E-state index in [9.17, 15) is 14.4 Å². The second-order valence-corrected chi connectivity index (χ2v) is 10.4. The van der Waals surface area contributed by atoms with Crippen molar-refractivity contribution in [2.45, 2.75) is 69.2 Å². The molecule has 9 heteroatoms. The molecule has 1 aliphatic carbocycles. The number of fused-ring (bicyclic) bond motifs is 1. The smallest absolute Gasteiger partial charge is 0.246 e. The molecule has 3 heterocycles. The lowest BCUT2D eigenvalue weighted by Crippen LogP contribution is -2.56. The van der Waals surface area contributed by atoms with E-state index >= 15 is 0 Å². The summed E-state index contributed by atoms with van der Waals surface area (Å²) in [5.74, 6) is -1.45. The molecule has 3 amide bonds. The van der Waals surface area contributed by atoms with Crippen LogP contribution in [0.5, 0.6) is 5.75 Å².